The van der Waals surface area contributed by atoms with Gasteiger partial charge >= 0.3 is 11.9 Å². The molecule has 0 spiro atoms. The third kappa shape index (κ3) is 6.05. The molecule has 0 saturated carbocycles. The van der Waals surface area contributed by atoms with Crippen LogP contribution >= 0.6 is 0 Å². The summed E-state index contributed by atoms with van der Waals surface area (Å²) in [6.45, 7) is 2.14. The average Bonchev–Trinajstić information content (AvgIpc) is 2.54. The molecule has 0 radical (unpaired) electrons. The molecule has 0 fully saturated rings. The van der Waals surface area contributed by atoms with Crippen molar-refractivity contribution in [3.63, 3.8) is 0 Å². The third-order valence-electron chi connectivity index (χ3n) is 4.46. The lowest BCUT2D eigenvalue weighted by molar-refractivity contribution is -0.166. The van der Waals surface area contributed by atoms with E-state index in [0.29, 0.717) is 12.8 Å². The van der Waals surface area contributed by atoms with Crippen LogP contribution in [0.15, 0.2) is 30.3 Å². The highest BCUT2D eigenvalue weighted by Crippen LogP contribution is 2.32. The Hall–Kier alpha value is -1.84. The van der Waals surface area contributed by atoms with E-state index < -0.39 is 17.4 Å². The third-order valence-corrected chi connectivity index (χ3v) is 4.46. The molecule has 1 aromatic carbocycles. The van der Waals surface area contributed by atoms with Crippen LogP contribution in [-0.2, 0) is 16.0 Å². The maximum atomic E-state index is 11.7. The van der Waals surface area contributed by atoms with Crippen LogP contribution < -0.4 is 0 Å². The molecule has 128 valence electrons. The van der Waals surface area contributed by atoms with Gasteiger partial charge in [-0.1, -0.05) is 75.8 Å². The average molecular weight is 320 g/mol. The molecule has 0 bridgehead atoms. The monoisotopic (exact) mass is 320 g/mol. The van der Waals surface area contributed by atoms with E-state index in [2.05, 4.69) is 6.92 Å². The van der Waals surface area contributed by atoms with E-state index in [1.807, 2.05) is 30.3 Å². The van der Waals surface area contributed by atoms with Gasteiger partial charge in [0.05, 0.1) is 0 Å². The van der Waals surface area contributed by atoms with Crippen LogP contribution in [0.3, 0.4) is 0 Å². The SMILES string of the molecule is CCCCCCCCC(CCc1ccccc1)(C(=O)O)C(=O)O. The molecule has 0 atom stereocenters. The van der Waals surface area contributed by atoms with Crippen LogP contribution in [-0.4, -0.2) is 22.2 Å². The van der Waals surface area contributed by atoms with E-state index in [9.17, 15) is 19.8 Å². The Morgan fingerprint density at radius 3 is 2.00 bits per heavy atom. The standard InChI is InChI=1S/C19H28O4/c1-2-3-4-5-6-10-14-19(17(20)21,18(22)23)15-13-16-11-8-7-9-12-16/h7-9,11-12H,2-6,10,13-15H2,1H3,(H,20,21)(H,22,23). The summed E-state index contributed by atoms with van der Waals surface area (Å²) in [7, 11) is 0. The second kappa shape index (κ2) is 10.0. The van der Waals surface area contributed by atoms with Crippen LogP contribution in [0.4, 0.5) is 0 Å². The molecular formula is C19H28O4. The first-order valence-corrected chi connectivity index (χ1v) is 8.53. The van der Waals surface area contributed by atoms with Crippen LogP contribution in [0.25, 0.3) is 0 Å². The van der Waals surface area contributed by atoms with Crippen molar-refractivity contribution in [3.8, 4) is 0 Å². The van der Waals surface area contributed by atoms with E-state index in [1.165, 1.54) is 6.42 Å². The van der Waals surface area contributed by atoms with Crippen molar-refractivity contribution in [2.75, 3.05) is 0 Å². The second-order valence-electron chi connectivity index (χ2n) is 6.20. The molecule has 23 heavy (non-hydrogen) atoms. The van der Waals surface area contributed by atoms with Gasteiger partial charge in [-0.15, -0.1) is 0 Å². The van der Waals surface area contributed by atoms with Gasteiger partial charge in [0.1, 0.15) is 0 Å². The fourth-order valence-electron chi connectivity index (χ4n) is 2.85. The van der Waals surface area contributed by atoms with Gasteiger partial charge in [0, 0.05) is 0 Å². The molecule has 2 N–H and O–H groups in total. The highest BCUT2D eigenvalue weighted by molar-refractivity contribution is 5.98. The van der Waals surface area contributed by atoms with E-state index in [4.69, 9.17) is 0 Å². The lowest BCUT2D eigenvalue weighted by atomic mass is 9.77. The molecule has 0 saturated heterocycles. The first kappa shape index (κ1) is 19.2. The van der Waals surface area contributed by atoms with Gasteiger partial charge < -0.3 is 10.2 Å². The predicted octanol–water partition coefficient (Wildman–Crippen LogP) is 4.53. The molecule has 1 aromatic rings. The Morgan fingerprint density at radius 2 is 1.43 bits per heavy atom. The molecule has 0 heterocycles. The highest BCUT2D eigenvalue weighted by atomic mass is 16.4. The normalized spacial score (nSPS) is 11.3. The van der Waals surface area contributed by atoms with Gasteiger partial charge in [0.25, 0.3) is 0 Å². The molecular weight excluding hydrogens is 292 g/mol. The van der Waals surface area contributed by atoms with Crippen molar-refractivity contribution >= 4 is 11.9 Å². The zero-order chi connectivity index (χ0) is 17.1. The first-order chi connectivity index (χ1) is 11.0. The molecule has 0 aliphatic heterocycles. The van der Waals surface area contributed by atoms with Crippen LogP contribution in [0.5, 0.6) is 0 Å². The Labute approximate surface area is 138 Å². The molecule has 0 aromatic heterocycles. The van der Waals surface area contributed by atoms with E-state index in [-0.39, 0.29) is 12.8 Å². The van der Waals surface area contributed by atoms with Gasteiger partial charge in [-0.2, -0.15) is 0 Å². The van der Waals surface area contributed by atoms with Gasteiger partial charge in [-0.3, -0.25) is 9.59 Å². The number of carboxylic acid groups (broad SMARTS) is 2. The quantitative estimate of drug-likeness (QED) is 0.438. The van der Waals surface area contributed by atoms with Crippen molar-refractivity contribution in [1.29, 1.82) is 0 Å². The number of benzene rings is 1. The molecule has 0 amide bonds. The first-order valence-electron chi connectivity index (χ1n) is 8.53. The fraction of sp³-hybridized carbons (Fsp3) is 0.579. The van der Waals surface area contributed by atoms with Crippen molar-refractivity contribution in [1.82, 2.24) is 0 Å². The van der Waals surface area contributed by atoms with Crippen molar-refractivity contribution in [2.24, 2.45) is 5.41 Å². The summed E-state index contributed by atoms with van der Waals surface area (Å²) < 4.78 is 0. The van der Waals surface area contributed by atoms with Crippen LogP contribution in [0.1, 0.15) is 63.9 Å². The smallest absolute Gasteiger partial charge is 0.321 e. The number of unbranched alkanes of at least 4 members (excludes halogenated alkanes) is 5. The molecule has 4 nitrogen and oxygen atoms in total. The maximum Gasteiger partial charge on any atom is 0.321 e. The number of carbonyl (C=O) groups is 2. The Morgan fingerprint density at radius 1 is 0.870 bits per heavy atom. The topological polar surface area (TPSA) is 74.6 Å². The highest BCUT2D eigenvalue weighted by Gasteiger charge is 2.45. The minimum Gasteiger partial charge on any atom is -0.480 e. The minimum atomic E-state index is -1.67. The van der Waals surface area contributed by atoms with Crippen molar-refractivity contribution < 1.29 is 19.8 Å². The summed E-state index contributed by atoms with van der Waals surface area (Å²) in [5, 5.41) is 19.1. The van der Waals surface area contributed by atoms with Gasteiger partial charge in [0.2, 0.25) is 0 Å². The number of hydrogen-bond donors (Lipinski definition) is 2. The predicted molar refractivity (Wildman–Crippen MR) is 90.5 cm³/mol. The number of aryl methyl sites for hydroxylation is 1. The number of carboxylic acids is 2. The lowest BCUT2D eigenvalue weighted by Gasteiger charge is -2.25. The minimum absolute atomic E-state index is 0.136. The summed E-state index contributed by atoms with van der Waals surface area (Å²) in [6, 6.07) is 9.46. The number of hydrogen-bond acceptors (Lipinski definition) is 2. The maximum absolute atomic E-state index is 11.7. The Kier molecular flexibility index (Phi) is 8.38. The largest absolute Gasteiger partial charge is 0.480 e. The van der Waals surface area contributed by atoms with Crippen LogP contribution in [0.2, 0.25) is 0 Å². The van der Waals surface area contributed by atoms with E-state index >= 15 is 0 Å². The fourth-order valence-corrected chi connectivity index (χ4v) is 2.85. The van der Waals surface area contributed by atoms with Gasteiger partial charge in [-0.05, 0) is 24.8 Å². The second-order valence-corrected chi connectivity index (χ2v) is 6.20. The zero-order valence-corrected chi connectivity index (χ0v) is 14.0. The van der Waals surface area contributed by atoms with E-state index in [1.54, 1.807) is 0 Å². The molecule has 0 unspecified atom stereocenters. The molecule has 4 heteroatoms. The molecule has 0 aliphatic carbocycles. The van der Waals surface area contributed by atoms with Crippen molar-refractivity contribution in [2.45, 2.75) is 64.7 Å². The van der Waals surface area contributed by atoms with Gasteiger partial charge in [0.15, 0.2) is 5.41 Å². The summed E-state index contributed by atoms with van der Waals surface area (Å²) in [5.74, 6) is -2.43. The lowest BCUT2D eigenvalue weighted by Crippen LogP contribution is -2.40. The Balaban J connectivity index is 2.62. The summed E-state index contributed by atoms with van der Waals surface area (Å²) >= 11 is 0. The molecule has 1 rings (SSSR count). The zero-order valence-electron chi connectivity index (χ0n) is 14.0. The van der Waals surface area contributed by atoms with Gasteiger partial charge in [-0.25, -0.2) is 0 Å². The summed E-state index contributed by atoms with van der Waals surface area (Å²) in [5.41, 5.74) is -0.692. The van der Waals surface area contributed by atoms with Crippen LogP contribution in [0, 0.1) is 5.41 Å². The van der Waals surface area contributed by atoms with E-state index in [0.717, 1.165) is 31.2 Å². The number of aliphatic carboxylic acids is 2. The summed E-state index contributed by atoms with van der Waals surface area (Å²) in [6.07, 6.45) is 6.87. The molecule has 0 aliphatic rings. The summed E-state index contributed by atoms with van der Waals surface area (Å²) in [4.78, 5) is 23.3. The van der Waals surface area contributed by atoms with Crippen molar-refractivity contribution in [3.05, 3.63) is 35.9 Å². The Bertz CT molecular complexity index is 467. The number of rotatable bonds is 12.